The molecule has 1 aromatic heterocycles. The average molecular weight is 381 g/mol. The number of hydrogen-bond donors (Lipinski definition) is 1. The summed E-state index contributed by atoms with van der Waals surface area (Å²) in [4.78, 5) is 17.9. The maximum Gasteiger partial charge on any atom is 0.272 e. The second-order valence-electron chi connectivity index (χ2n) is 6.16. The molecule has 1 aliphatic rings. The summed E-state index contributed by atoms with van der Waals surface area (Å²) in [7, 11) is -1.53. The number of hydrogen-bond acceptors (Lipinski definition) is 5. The summed E-state index contributed by atoms with van der Waals surface area (Å²) in [5.74, 6) is -2.23. The Hall–Kier alpha value is -2.55. The lowest BCUT2D eigenvalue weighted by Gasteiger charge is -2.23. The number of nitrogens with zero attached hydrogens (tertiary/aromatic N) is 2. The van der Waals surface area contributed by atoms with Crippen molar-refractivity contribution in [1.82, 2.24) is 9.88 Å². The van der Waals surface area contributed by atoms with E-state index in [1.165, 1.54) is 23.2 Å². The van der Waals surface area contributed by atoms with Crippen LogP contribution in [0.4, 0.5) is 20.2 Å². The second-order valence-corrected chi connectivity index (χ2v) is 8.39. The number of carbonyl (C=O) groups is 1. The predicted octanol–water partition coefficient (Wildman–Crippen LogP) is 2.36. The largest absolute Gasteiger partial charge is 0.354 e. The van der Waals surface area contributed by atoms with Crippen molar-refractivity contribution >= 4 is 27.1 Å². The Morgan fingerprint density at radius 2 is 1.92 bits per heavy atom. The number of rotatable bonds is 4. The fourth-order valence-corrected chi connectivity index (χ4v) is 4.54. The van der Waals surface area contributed by atoms with Crippen molar-refractivity contribution in [2.75, 3.05) is 23.9 Å². The van der Waals surface area contributed by atoms with Crippen LogP contribution in [0.5, 0.6) is 0 Å². The van der Waals surface area contributed by atoms with Gasteiger partial charge < -0.3 is 10.2 Å². The highest BCUT2D eigenvalue weighted by Crippen LogP contribution is 2.20. The van der Waals surface area contributed by atoms with Gasteiger partial charge in [0, 0.05) is 24.8 Å². The van der Waals surface area contributed by atoms with Crippen LogP contribution in [0.15, 0.2) is 36.5 Å². The third-order valence-electron chi connectivity index (χ3n) is 4.27. The normalized spacial score (nSPS) is 18.5. The maximum absolute atomic E-state index is 13.2. The van der Waals surface area contributed by atoms with Gasteiger partial charge in [0.1, 0.15) is 5.69 Å². The molecule has 2 aromatic rings. The molecule has 3 rings (SSSR count). The zero-order chi connectivity index (χ0) is 18.9. The molecule has 0 radical (unpaired) electrons. The lowest BCUT2D eigenvalue weighted by Crippen LogP contribution is -2.38. The van der Waals surface area contributed by atoms with Crippen molar-refractivity contribution in [1.29, 1.82) is 0 Å². The second kappa shape index (κ2) is 6.99. The molecular formula is C17H17F2N3O3S. The summed E-state index contributed by atoms with van der Waals surface area (Å²) in [6, 6.07) is 6.13. The van der Waals surface area contributed by atoms with Crippen LogP contribution in [0, 0.1) is 11.6 Å². The van der Waals surface area contributed by atoms with E-state index < -0.39 is 21.5 Å². The van der Waals surface area contributed by atoms with Gasteiger partial charge in [0.05, 0.1) is 23.4 Å². The van der Waals surface area contributed by atoms with Crippen LogP contribution in [0.2, 0.25) is 0 Å². The van der Waals surface area contributed by atoms with Gasteiger partial charge in [-0.15, -0.1) is 0 Å². The fraction of sp³-hybridized carbons (Fsp3) is 0.294. The number of pyridine rings is 1. The van der Waals surface area contributed by atoms with Gasteiger partial charge in [-0.2, -0.15) is 0 Å². The van der Waals surface area contributed by atoms with Crippen LogP contribution in [0.25, 0.3) is 0 Å². The van der Waals surface area contributed by atoms with Crippen LogP contribution >= 0.6 is 0 Å². The molecule has 1 aliphatic heterocycles. The summed E-state index contributed by atoms with van der Waals surface area (Å²) in [5.41, 5.74) is 1.02. The van der Waals surface area contributed by atoms with Gasteiger partial charge in [-0.1, -0.05) is 0 Å². The lowest BCUT2D eigenvalue weighted by atomic mass is 10.2. The van der Waals surface area contributed by atoms with E-state index in [9.17, 15) is 22.0 Å². The minimum atomic E-state index is -3.09. The smallest absolute Gasteiger partial charge is 0.272 e. The molecule has 1 amide bonds. The number of sulfone groups is 1. The monoisotopic (exact) mass is 381 g/mol. The highest BCUT2D eigenvalue weighted by Gasteiger charge is 2.33. The Morgan fingerprint density at radius 1 is 1.19 bits per heavy atom. The Balaban J connectivity index is 1.68. The van der Waals surface area contributed by atoms with Gasteiger partial charge in [-0.05, 0) is 30.7 Å². The zero-order valence-corrected chi connectivity index (χ0v) is 14.8. The van der Waals surface area contributed by atoms with Crippen molar-refractivity contribution < 1.29 is 22.0 Å². The van der Waals surface area contributed by atoms with E-state index in [1.807, 2.05) is 0 Å². The molecule has 1 atom stereocenters. The van der Waals surface area contributed by atoms with Crippen LogP contribution in [-0.2, 0) is 9.84 Å². The summed E-state index contributed by atoms with van der Waals surface area (Å²) in [5, 5.41) is 2.86. The van der Waals surface area contributed by atoms with Crippen molar-refractivity contribution in [2.45, 2.75) is 12.5 Å². The van der Waals surface area contributed by atoms with Gasteiger partial charge in [-0.25, -0.2) is 22.2 Å². The summed E-state index contributed by atoms with van der Waals surface area (Å²) in [6.45, 7) is 0. The van der Waals surface area contributed by atoms with Gasteiger partial charge in [-0.3, -0.25) is 4.79 Å². The molecule has 0 saturated carbocycles. The van der Waals surface area contributed by atoms with Crippen LogP contribution in [0.1, 0.15) is 16.9 Å². The summed E-state index contributed by atoms with van der Waals surface area (Å²) >= 11 is 0. The molecule has 1 aromatic carbocycles. The minimum Gasteiger partial charge on any atom is -0.354 e. The van der Waals surface area contributed by atoms with Crippen molar-refractivity contribution in [3.63, 3.8) is 0 Å². The first kappa shape index (κ1) is 18.2. The van der Waals surface area contributed by atoms with E-state index in [-0.39, 0.29) is 29.1 Å². The Labute approximate surface area is 149 Å². The first-order valence-electron chi connectivity index (χ1n) is 7.91. The molecular weight excluding hydrogens is 364 g/mol. The third-order valence-corrected chi connectivity index (χ3v) is 6.02. The Kier molecular flexibility index (Phi) is 4.90. The number of nitrogens with one attached hydrogen (secondary N) is 1. The van der Waals surface area contributed by atoms with E-state index in [0.717, 1.165) is 12.1 Å². The van der Waals surface area contributed by atoms with E-state index in [1.54, 1.807) is 13.1 Å². The molecule has 6 nitrogen and oxygen atoms in total. The first-order valence-corrected chi connectivity index (χ1v) is 9.73. The highest BCUT2D eigenvalue weighted by molar-refractivity contribution is 7.91. The topological polar surface area (TPSA) is 79.4 Å². The van der Waals surface area contributed by atoms with Gasteiger partial charge in [0.25, 0.3) is 5.91 Å². The van der Waals surface area contributed by atoms with Crippen molar-refractivity contribution in [2.24, 2.45) is 0 Å². The quantitative estimate of drug-likeness (QED) is 0.880. The summed E-state index contributed by atoms with van der Waals surface area (Å²) in [6.07, 6.45) is 1.81. The van der Waals surface area contributed by atoms with Crippen molar-refractivity contribution in [3.8, 4) is 0 Å². The predicted molar refractivity (Wildman–Crippen MR) is 93.0 cm³/mol. The Bertz CT molecular complexity index is 933. The van der Waals surface area contributed by atoms with Crippen molar-refractivity contribution in [3.05, 3.63) is 53.9 Å². The number of benzene rings is 1. The zero-order valence-electron chi connectivity index (χ0n) is 13.9. The lowest BCUT2D eigenvalue weighted by molar-refractivity contribution is 0.0742. The SMILES string of the molecule is CN(C(=O)c1ccc(Nc2ccc(F)c(F)c2)cn1)C1CCS(=O)(=O)C1. The molecule has 26 heavy (non-hydrogen) atoms. The van der Waals surface area contributed by atoms with E-state index in [0.29, 0.717) is 17.8 Å². The van der Waals surface area contributed by atoms with E-state index in [2.05, 4.69) is 10.3 Å². The maximum atomic E-state index is 13.2. The number of aromatic nitrogens is 1. The average Bonchev–Trinajstić information content (AvgIpc) is 2.97. The van der Waals surface area contributed by atoms with Gasteiger partial charge in [0.2, 0.25) is 0 Å². The Morgan fingerprint density at radius 3 is 2.50 bits per heavy atom. The van der Waals surface area contributed by atoms with Crippen LogP contribution in [-0.4, -0.2) is 48.8 Å². The standard InChI is InChI=1S/C17H17F2N3O3S/c1-22(13-6-7-26(24,25)10-13)17(23)16-5-3-12(9-20-16)21-11-2-4-14(18)15(19)8-11/h2-5,8-9,13,21H,6-7,10H2,1H3. The summed E-state index contributed by atoms with van der Waals surface area (Å²) < 4.78 is 49.3. The van der Waals surface area contributed by atoms with Gasteiger partial charge >= 0.3 is 0 Å². The molecule has 1 fully saturated rings. The fourth-order valence-electron chi connectivity index (χ4n) is 2.76. The first-order chi connectivity index (χ1) is 12.2. The third kappa shape index (κ3) is 3.98. The molecule has 0 bridgehead atoms. The molecule has 0 spiro atoms. The van der Waals surface area contributed by atoms with E-state index >= 15 is 0 Å². The molecule has 0 aliphatic carbocycles. The number of amides is 1. The van der Waals surface area contributed by atoms with Gasteiger partial charge in [0.15, 0.2) is 21.5 Å². The molecule has 2 heterocycles. The highest BCUT2D eigenvalue weighted by atomic mass is 32.2. The number of carbonyl (C=O) groups excluding carboxylic acids is 1. The minimum absolute atomic E-state index is 0.0367. The van der Waals surface area contributed by atoms with Crippen LogP contribution < -0.4 is 5.32 Å². The molecule has 138 valence electrons. The molecule has 1 saturated heterocycles. The molecule has 9 heteroatoms. The molecule has 1 N–H and O–H groups in total. The van der Waals surface area contributed by atoms with Crippen LogP contribution in [0.3, 0.4) is 0 Å². The van der Waals surface area contributed by atoms with E-state index in [4.69, 9.17) is 0 Å². The number of halogens is 2. The number of anilines is 2. The molecule has 1 unspecified atom stereocenters.